The minimum Gasteiger partial charge on any atom is -0.497 e. The number of benzene rings is 1. The largest absolute Gasteiger partial charge is 0.497 e. The standard InChI is InChI=1S/C16H17FN4O3/c1-10(11-3-5-12(23-2)6-4-11)19-15-18-9-13(17)14(20-15)21-7-8-24-16(21)22/h3-6,9-10H,7-8H2,1-2H3,(H,18,19,20)/t10-/m0/s1. The molecule has 1 N–H and O–H groups in total. The maximum atomic E-state index is 13.9. The van der Waals surface area contributed by atoms with E-state index in [2.05, 4.69) is 15.3 Å². The minimum absolute atomic E-state index is 0.0862. The number of hydrogen-bond acceptors (Lipinski definition) is 6. The Morgan fingerprint density at radius 1 is 1.38 bits per heavy atom. The fraction of sp³-hybridized carbons (Fsp3) is 0.312. The Bertz CT molecular complexity index is 739. The lowest BCUT2D eigenvalue weighted by Gasteiger charge is -2.17. The van der Waals surface area contributed by atoms with Crippen molar-refractivity contribution >= 4 is 17.9 Å². The summed E-state index contributed by atoms with van der Waals surface area (Å²) in [6, 6.07) is 7.42. The van der Waals surface area contributed by atoms with Crippen molar-refractivity contribution in [1.29, 1.82) is 0 Å². The number of methoxy groups -OCH3 is 1. The second-order valence-electron chi connectivity index (χ2n) is 5.27. The van der Waals surface area contributed by atoms with Gasteiger partial charge in [-0.1, -0.05) is 12.1 Å². The van der Waals surface area contributed by atoms with Gasteiger partial charge in [0, 0.05) is 0 Å². The van der Waals surface area contributed by atoms with Crippen molar-refractivity contribution in [3.63, 3.8) is 0 Å². The van der Waals surface area contributed by atoms with Crippen molar-refractivity contribution in [2.75, 3.05) is 30.5 Å². The highest BCUT2D eigenvalue weighted by Crippen LogP contribution is 2.24. The molecule has 1 aliphatic rings. The molecule has 0 unspecified atom stereocenters. The highest BCUT2D eigenvalue weighted by Gasteiger charge is 2.28. The molecular formula is C16H17FN4O3. The van der Waals surface area contributed by atoms with Crippen molar-refractivity contribution in [3.8, 4) is 5.75 Å². The molecule has 1 amide bonds. The van der Waals surface area contributed by atoms with E-state index in [1.165, 1.54) is 0 Å². The molecule has 0 radical (unpaired) electrons. The van der Waals surface area contributed by atoms with E-state index in [1.807, 2.05) is 31.2 Å². The van der Waals surface area contributed by atoms with Gasteiger partial charge in [-0.3, -0.25) is 4.90 Å². The van der Waals surface area contributed by atoms with Gasteiger partial charge in [-0.15, -0.1) is 0 Å². The van der Waals surface area contributed by atoms with Crippen LogP contribution in [0.5, 0.6) is 5.75 Å². The molecule has 8 heteroatoms. The zero-order valence-electron chi connectivity index (χ0n) is 13.3. The summed E-state index contributed by atoms with van der Waals surface area (Å²) < 4.78 is 23.9. The van der Waals surface area contributed by atoms with Crippen LogP contribution >= 0.6 is 0 Å². The first kappa shape index (κ1) is 16.0. The van der Waals surface area contributed by atoms with Crippen LogP contribution in [0.4, 0.5) is 21.0 Å². The number of nitrogens with one attached hydrogen (secondary N) is 1. The quantitative estimate of drug-likeness (QED) is 0.907. The Hall–Kier alpha value is -2.90. The Labute approximate surface area is 138 Å². The number of amides is 1. The van der Waals surface area contributed by atoms with E-state index in [4.69, 9.17) is 9.47 Å². The fourth-order valence-electron chi connectivity index (χ4n) is 2.37. The number of carbonyl (C=O) groups excluding carboxylic acids is 1. The van der Waals surface area contributed by atoms with Gasteiger partial charge in [0.25, 0.3) is 0 Å². The maximum Gasteiger partial charge on any atom is 0.415 e. The predicted molar refractivity (Wildman–Crippen MR) is 85.7 cm³/mol. The highest BCUT2D eigenvalue weighted by molar-refractivity contribution is 5.88. The molecule has 1 atom stereocenters. The summed E-state index contributed by atoms with van der Waals surface area (Å²) in [6.07, 6.45) is 0.429. The van der Waals surface area contributed by atoms with Crippen LogP contribution in [-0.2, 0) is 4.74 Å². The number of hydrogen-bond donors (Lipinski definition) is 1. The van der Waals surface area contributed by atoms with Crippen molar-refractivity contribution in [2.24, 2.45) is 0 Å². The fourth-order valence-corrected chi connectivity index (χ4v) is 2.37. The second kappa shape index (κ2) is 6.69. The molecule has 1 fully saturated rings. The SMILES string of the molecule is COc1ccc([C@H](C)Nc2ncc(F)c(N3CCOC3=O)n2)cc1. The van der Waals surface area contributed by atoms with Crippen LogP contribution in [0.3, 0.4) is 0 Å². The first-order valence-electron chi connectivity index (χ1n) is 7.46. The summed E-state index contributed by atoms with van der Waals surface area (Å²) in [5.74, 6) is 0.238. The van der Waals surface area contributed by atoms with E-state index in [9.17, 15) is 9.18 Å². The molecule has 0 bridgehead atoms. The number of aromatic nitrogens is 2. The summed E-state index contributed by atoms with van der Waals surface area (Å²) in [5, 5.41) is 3.09. The number of anilines is 2. The third-order valence-electron chi connectivity index (χ3n) is 3.70. The molecule has 1 aromatic carbocycles. The van der Waals surface area contributed by atoms with Crippen molar-refractivity contribution in [1.82, 2.24) is 9.97 Å². The van der Waals surface area contributed by atoms with Crippen LogP contribution in [0.2, 0.25) is 0 Å². The van der Waals surface area contributed by atoms with E-state index in [1.54, 1.807) is 7.11 Å². The van der Waals surface area contributed by atoms with Gasteiger partial charge in [-0.25, -0.2) is 14.2 Å². The number of ether oxygens (including phenoxy) is 2. The monoisotopic (exact) mass is 332 g/mol. The van der Waals surface area contributed by atoms with Gasteiger partial charge in [0.2, 0.25) is 5.95 Å². The molecule has 2 aromatic rings. The Kier molecular flexibility index (Phi) is 4.45. The van der Waals surface area contributed by atoms with E-state index >= 15 is 0 Å². The predicted octanol–water partition coefficient (Wildman–Crippen LogP) is 2.75. The maximum absolute atomic E-state index is 13.9. The zero-order valence-corrected chi connectivity index (χ0v) is 13.3. The van der Waals surface area contributed by atoms with Crippen molar-refractivity contribution in [2.45, 2.75) is 13.0 Å². The van der Waals surface area contributed by atoms with Gasteiger partial charge in [-0.05, 0) is 24.6 Å². The van der Waals surface area contributed by atoms with Gasteiger partial charge in [0.15, 0.2) is 11.6 Å². The molecule has 126 valence electrons. The van der Waals surface area contributed by atoms with Crippen LogP contribution < -0.4 is 15.0 Å². The smallest absolute Gasteiger partial charge is 0.415 e. The summed E-state index contributed by atoms with van der Waals surface area (Å²) in [4.78, 5) is 20.8. The van der Waals surface area contributed by atoms with Crippen LogP contribution in [0.15, 0.2) is 30.5 Å². The summed E-state index contributed by atoms with van der Waals surface area (Å²) in [7, 11) is 1.61. The molecule has 1 saturated heterocycles. The van der Waals surface area contributed by atoms with Gasteiger partial charge in [-0.2, -0.15) is 4.98 Å². The van der Waals surface area contributed by atoms with Crippen molar-refractivity contribution in [3.05, 3.63) is 41.8 Å². The topological polar surface area (TPSA) is 76.6 Å². The average molecular weight is 332 g/mol. The van der Waals surface area contributed by atoms with Crippen LogP contribution in [0.1, 0.15) is 18.5 Å². The first-order chi connectivity index (χ1) is 11.6. The van der Waals surface area contributed by atoms with Crippen LogP contribution in [0.25, 0.3) is 0 Å². The molecule has 7 nitrogen and oxygen atoms in total. The molecule has 1 aliphatic heterocycles. The summed E-state index contributed by atoms with van der Waals surface area (Å²) >= 11 is 0. The normalized spacial score (nSPS) is 15.1. The molecule has 0 aliphatic carbocycles. The summed E-state index contributed by atoms with van der Waals surface area (Å²) in [5.41, 5.74) is 0.992. The molecule has 24 heavy (non-hydrogen) atoms. The molecule has 3 rings (SSSR count). The lowest BCUT2D eigenvalue weighted by Crippen LogP contribution is -2.26. The molecular weight excluding hydrogens is 315 g/mol. The number of rotatable bonds is 5. The Morgan fingerprint density at radius 2 is 2.12 bits per heavy atom. The van der Waals surface area contributed by atoms with E-state index < -0.39 is 11.9 Å². The molecule has 1 aromatic heterocycles. The highest BCUT2D eigenvalue weighted by atomic mass is 19.1. The third kappa shape index (κ3) is 3.22. The van der Waals surface area contributed by atoms with E-state index in [0.29, 0.717) is 0 Å². The van der Waals surface area contributed by atoms with Gasteiger partial charge in [0.1, 0.15) is 12.4 Å². The van der Waals surface area contributed by atoms with E-state index in [-0.39, 0.29) is 31.0 Å². The van der Waals surface area contributed by atoms with Gasteiger partial charge < -0.3 is 14.8 Å². The lowest BCUT2D eigenvalue weighted by atomic mass is 10.1. The number of halogens is 1. The third-order valence-corrected chi connectivity index (χ3v) is 3.70. The van der Waals surface area contributed by atoms with Crippen molar-refractivity contribution < 1.29 is 18.7 Å². The van der Waals surface area contributed by atoms with E-state index in [0.717, 1.165) is 22.4 Å². The van der Waals surface area contributed by atoms with Gasteiger partial charge in [0.05, 0.1) is 25.9 Å². The lowest BCUT2D eigenvalue weighted by molar-refractivity contribution is 0.181. The number of carbonyl (C=O) groups is 1. The Balaban J connectivity index is 1.78. The van der Waals surface area contributed by atoms with Crippen LogP contribution in [-0.4, -0.2) is 36.3 Å². The molecule has 2 heterocycles. The zero-order chi connectivity index (χ0) is 17.1. The number of cyclic esters (lactones) is 1. The average Bonchev–Trinajstić information content (AvgIpc) is 3.02. The molecule has 0 saturated carbocycles. The van der Waals surface area contributed by atoms with Gasteiger partial charge >= 0.3 is 6.09 Å². The first-order valence-corrected chi connectivity index (χ1v) is 7.46. The Morgan fingerprint density at radius 3 is 2.75 bits per heavy atom. The number of nitrogens with zero attached hydrogens (tertiary/aromatic N) is 3. The van der Waals surface area contributed by atoms with Crippen LogP contribution in [0, 0.1) is 5.82 Å². The molecule has 0 spiro atoms. The minimum atomic E-state index is -0.670. The summed E-state index contributed by atoms with van der Waals surface area (Å²) in [6.45, 7) is 2.41. The second-order valence-corrected chi connectivity index (χ2v) is 5.27.